The van der Waals surface area contributed by atoms with Crippen molar-refractivity contribution in [1.29, 1.82) is 0 Å². The number of likely N-dealkylation sites (N-methyl/N-ethyl adjacent to an activating group) is 1. The third-order valence-corrected chi connectivity index (χ3v) is 4.87. The standard InChI is InChI=1S/C17H22N4/c1-19-8-10-20(11-9-19)15-12-21(13-15)17-16-5-3-2-4-14(16)6-7-18-17/h2-7,15H,8-13H2,1H3. The van der Waals surface area contributed by atoms with E-state index >= 15 is 0 Å². The predicted molar refractivity (Wildman–Crippen MR) is 86.8 cm³/mol. The fourth-order valence-corrected chi connectivity index (χ4v) is 3.40. The molecule has 0 aliphatic carbocycles. The monoisotopic (exact) mass is 282 g/mol. The molecule has 2 aliphatic heterocycles. The molecule has 4 nitrogen and oxygen atoms in total. The van der Waals surface area contributed by atoms with E-state index in [1.54, 1.807) is 0 Å². The second-order valence-electron chi connectivity index (χ2n) is 6.25. The molecule has 2 fully saturated rings. The highest BCUT2D eigenvalue weighted by Gasteiger charge is 2.34. The number of rotatable bonds is 2. The van der Waals surface area contributed by atoms with Gasteiger partial charge in [0.25, 0.3) is 0 Å². The van der Waals surface area contributed by atoms with Crippen LogP contribution in [0.1, 0.15) is 0 Å². The molecule has 4 rings (SSSR count). The Balaban J connectivity index is 1.47. The summed E-state index contributed by atoms with van der Waals surface area (Å²) >= 11 is 0. The number of fused-ring (bicyclic) bond motifs is 1. The van der Waals surface area contributed by atoms with E-state index in [0.717, 1.165) is 18.9 Å². The lowest BCUT2D eigenvalue weighted by Crippen LogP contribution is -2.63. The number of hydrogen-bond acceptors (Lipinski definition) is 4. The minimum Gasteiger partial charge on any atom is -0.353 e. The van der Waals surface area contributed by atoms with Crippen LogP contribution in [0.3, 0.4) is 0 Å². The Morgan fingerprint density at radius 2 is 1.76 bits per heavy atom. The fourth-order valence-electron chi connectivity index (χ4n) is 3.40. The molecule has 21 heavy (non-hydrogen) atoms. The second kappa shape index (κ2) is 5.28. The lowest BCUT2D eigenvalue weighted by Gasteiger charge is -2.48. The lowest BCUT2D eigenvalue weighted by atomic mass is 10.0. The van der Waals surface area contributed by atoms with Crippen LogP contribution in [0.2, 0.25) is 0 Å². The van der Waals surface area contributed by atoms with Crippen molar-refractivity contribution in [2.75, 3.05) is 51.2 Å². The van der Waals surface area contributed by atoms with E-state index in [1.807, 2.05) is 6.20 Å². The Bertz CT molecular complexity index is 622. The molecule has 3 heterocycles. The smallest absolute Gasteiger partial charge is 0.136 e. The Kier molecular flexibility index (Phi) is 3.28. The van der Waals surface area contributed by atoms with E-state index in [1.165, 1.54) is 37.0 Å². The van der Waals surface area contributed by atoms with Crippen molar-refractivity contribution in [3.05, 3.63) is 36.5 Å². The highest BCUT2D eigenvalue weighted by molar-refractivity contribution is 5.92. The average Bonchev–Trinajstić information content (AvgIpc) is 2.48. The molecule has 0 unspecified atom stereocenters. The SMILES string of the molecule is CN1CCN(C2CN(c3nccc4ccccc34)C2)CC1. The van der Waals surface area contributed by atoms with Crippen molar-refractivity contribution in [3.63, 3.8) is 0 Å². The molecule has 0 radical (unpaired) electrons. The molecule has 0 saturated carbocycles. The number of piperazine rings is 1. The minimum absolute atomic E-state index is 0.708. The van der Waals surface area contributed by atoms with Crippen molar-refractivity contribution >= 4 is 16.6 Å². The highest BCUT2D eigenvalue weighted by Crippen LogP contribution is 2.29. The number of benzene rings is 1. The fraction of sp³-hybridized carbons (Fsp3) is 0.471. The molecule has 2 saturated heterocycles. The van der Waals surface area contributed by atoms with Crippen molar-refractivity contribution in [2.24, 2.45) is 0 Å². The highest BCUT2D eigenvalue weighted by atomic mass is 15.4. The zero-order valence-electron chi connectivity index (χ0n) is 12.6. The van der Waals surface area contributed by atoms with Crippen LogP contribution in [0, 0.1) is 0 Å². The first-order chi connectivity index (χ1) is 10.3. The predicted octanol–water partition coefficient (Wildman–Crippen LogP) is 1.67. The summed E-state index contributed by atoms with van der Waals surface area (Å²) in [5.41, 5.74) is 0. The van der Waals surface area contributed by atoms with Gasteiger partial charge in [-0.1, -0.05) is 24.3 Å². The van der Waals surface area contributed by atoms with Crippen LogP contribution < -0.4 is 4.90 Å². The van der Waals surface area contributed by atoms with Gasteiger partial charge in [-0.2, -0.15) is 0 Å². The minimum atomic E-state index is 0.708. The third kappa shape index (κ3) is 2.39. The summed E-state index contributed by atoms with van der Waals surface area (Å²) in [4.78, 5) is 12.1. The maximum Gasteiger partial charge on any atom is 0.136 e. The summed E-state index contributed by atoms with van der Waals surface area (Å²) in [6, 6.07) is 11.3. The van der Waals surface area contributed by atoms with Gasteiger partial charge in [0, 0.05) is 56.9 Å². The van der Waals surface area contributed by atoms with Crippen LogP contribution in [0.25, 0.3) is 10.8 Å². The molecule has 0 atom stereocenters. The number of pyridine rings is 1. The van der Waals surface area contributed by atoms with E-state index in [-0.39, 0.29) is 0 Å². The summed E-state index contributed by atoms with van der Waals surface area (Å²) in [5, 5.41) is 2.56. The Hall–Kier alpha value is -1.65. The van der Waals surface area contributed by atoms with Gasteiger partial charge in [-0.05, 0) is 18.5 Å². The molecule has 0 amide bonds. The molecule has 1 aromatic carbocycles. The van der Waals surface area contributed by atoms with Crippen LogP contribution in [0.5, 0.6) is 0 Å². The largest absolute Gasteiger partial charge is 0.353 e. The molecular formula is C17H22N4. The maximum atomic E-state index is 4.62. The van der Waals surface area contributed by atoms with Crippen LogP contribution >= 0.6 is 0 Å². The topological polar surface area (TPSA) is 22.6 Å². The zero-order chi connectivity index (χ0) is 14.2. The van der Waals surface area contributed by atoms with Gasteiger partial charge in [0.2, 0.25) is 0 Å². The van der Waals surface area contributed by atoms with Gasteiger partial charge in [-0.3, -0.25) is 4.90 Å². The maximum absolute atomic E-state index is 4.62. The van der Waals surface area contributed by atoms with Crippen molar-refractivity contribution in [3.8, 4) is 0 Å². The van der Waals surface area contributed by atoms with Crippen LogP contribution in [-0.4, -0.2) is 67.1 Å². The van der Waals surface area contributed by atoms with Gasteiger partial charge in [0.1, 0.15) is 5.82 Å². The van der Waals surface area contributed by atoms with Crippen molar-refractivity contribution < 1.29 is 0 Å². The molecule has 4 heteroatoms. The summed E-state index contributed by atoms with van der Waals surface area (Å²) in [6.45, 7) is 7.04. The normalized spacial score (nSPS) is 21.7. The van der Waals surface area contributed by atoms with Gasteiger partial charge in [-0.25, -0.2) is 4.98 Å². The van der Waals surface area contributed by atoms with Crippen molar-refractivity contribution in [2.45, 2.75) is 6.04 Å². The van der Waals surface area contributed by atoms with E-state index in [9.17, 15) is 0 Å². The Morgan fingerprint density at radius 3 is 2.57 bits per heavy atom. The second-order valence-corrected chi connectivity index (χ2v) is 6.25. The molecule has 0 N–H and O–H groups in total. The molecule has 2 aliphatic rings. The number of anilines is 1. The molecule has 0 bridgehead atoms. The molecular weight excluding hydrogens is 260 g/mol. The van der Waals surface area contributed by atoms with Crippen LogP contribution in [0.4, 0.5) is 5.82 Å². The Morgan fingerprint density at radius 1 is 1.00 bits per heavy atom. The first-order valence-corrected chi connectivity index (χ1v) is 7.82. The number of nitrogens with zero attached hydrogens (tertiary/aromatic N) is 4. The molecule has 1 aromatic heterocycles. The summed E-state index contributed by atoms with van der Waals surface area (Å²) in [7, 11) is 2.21. The van der Waals surface area contributed by atoms with E-state index < -0.39 is 0 Å². The number of hydrogen-bond donors (Lipinski definition) is 0. The summed E-state index contributed by atoms with van der Waals surface area (Å²) in [5.74, 6) is 1.15. The quantitative estimate of drug-likeness (QED) is 0.835. The van der Waals surface area contributed by atoms with Gasteiger partial charge < -0.3 is 9.80 Å². The van der Waals surface area contributed by atoms with Gasteiger partial charge in [0.15, 0.2) is 0 Å². The summed E-state index contributed by atoms with van der Waals surface area (Å²) < 4.78 is 0. The van der Waals surface area contributed by atoms with Gasteiger partial charge in [0.05, 0.1) is 0 Å². The summed E-state index contributed by atoms with van der Waals surface area (Å²) in [6.07, 6.45) is 1.93. The third-order valence-electron chi connectivity index (χ3n) is 4.87. The first-order valence-electron chi connectivity index (χ1n) is 7.82. The van der Waals surface area contributed by atoms with Crippen LogP contribution in [-0.2, 0) is 0 Å². The molecule has 2 aromatic rings. The van der Waals surface area contributed by atoms with Gasteiger partial charge >= 0.3 is 0 Å². The van der Waals surface area contributed by atoms with E-state index in [0.29, 0.717) is 6.04 Å². The van der Waals surface area contributed by atoms with E-state index in [4.69, 9.17) is 0 Å². The molecule has 0 spiro atoms. The lowest BCUT2D eigenvalue weighted by molar-refractivity contribution is 0.0962. The Labute approximate surface area is 126 Å². The average molecular weight is 282 g/mol. The van der Waals surface area contributed by atoms with Gasteiger partial charge in [-0.15, -0.1) is 0 Å². The number of aromatic nitrogens is 1. The van der Waals surface area contributed by atoms with E-state index in [2.05, 4.69) is 57.1 Å². The van der Waals surface area contributed by atoms with Crippen molar-refractivity contribution in [1.82, 2.24) is 14.8 Å². The zero-order valence-corrected chi connectivity index (χ0v) is 12.6. The first kappa shape index (κ1) is 13.0. The molecule has 110 valence electrons. The van der Waals surface area contributed by atoms with Crippen LogP contribution in [0.15, 0.2) is 36.5 Å².